The molecule has 4 heterocycles. The Hall–Kier alpha value is -11.6. The number of H-pyrrole nitrogens is 1. The molecule has 25 nitrogen and oxygen atoms in total. The first-order valence-corrected chi connectivity index (χ1v) is 25.0. The fraction of sp³-hybridized carbons (Fsp3) is 0.123. The van der Waals surface area contributed by atoms with E-state index in [2.05, 4.69) is 77.1 Å². The fourth-order valence-corrected chi connectivity index (χ4v) is 7.31. The molecule has 430 valence electrons. The topological polar surface area (TPSA) is 379 Å². The maximum absolute atomic E-state index is 13.0. The summed E-state index contributed by atoms with van der Waals surface area (Å²) in [5.41, 5.74) is 4.15. The lowest BCUT2D eigenvalue weighted by Gasteiger charge is -2.17. The van der Waals surface area contributed by atoms with Gasteiger partial charge >= 0.3 is 5.97 Å². The number of aromatic nitrogens is 10. The van der Waals surface area contributed by atoms with Crippen molar-refractivity contribution in [2.75, 3.05) is 13.2 Å². The molecular weight excluding hydrogens is 1110 g/mol. The molecule has 9 N–H and O–H groups in total. The molecule has 4 aromatic heterocycles. The Morgan fingerprint density at radius 2 is 0.824 bits per heavy atom. The summed E-state index contributed by atoms with van der Waals surface area (Å²) < 4.78 is 38.7. The van der Waals surface area contributed by atoms with E-state index in [4.69, 9.17) is 10.4 Å². The molecule has 85 heavy (non-hydrogen) atoms. The first-order chi connectivity index (χ1) is 41.1. The summed E-state index contributed by atoms with van der Waals surface area (Å²) in [4.78, 5) is 95.4. The van der Waals surface area contributed by atoms with Crippen molar-refractivity contribution in [2.24, 2.45) is 0 Å². The van der Waals surface area contributed by atoms with Gasteiger partial charge in [-0.1, -0.05) is 72.8 Å². The fourth-order valence-electron chi connectivity index (χ4n) is 7.31. The molecule has 2 atom stereocenters. The van der Waals surface area contributed by atoms with Crippen LogP contribution in [-0.2, 0) is 19.6 Å². The lowest BCUT2D eigenvalue weighted by Crippen LogP contribution is -2.32. The highest BCUT2D eigenvalue weighted by Crippen LogP contribution is 2.20. The minimum absolute atomic E-state index is 0.00715. The second kappa shape index (κ2) is 30.3. The van der Waals surface area contributed by atoms with Crippen LogP contribution in [0.2, 0.25) is 0 Å². The summed E-state index contributed by atoms with van der Waals surface area (Å²) >= 11 is 0. The molecule has 0 aliphatic heterocycles. The van der Waals surface area contributed by atoms with Crippen LogP contribution >= 0.6 is 0 Å². The van der Waals surface area contributed by atoms with E-state index >= 15 is 0 Å². The molecule has 0 bridgehead atoms. The number of carboxylic acid groups (broad SMARTS) is 1. The Morgan fingerprint density at radius 3 is 1.15 bits per heavy atom. The smallest absolute Gasteiger partial charge is 0.354 e. The summed E-state index contributed by atoms with van der Waals surface area (Å²) in [6.45, 7) is -0.213. The van der Waals surface area contributed by atoms with Crippen LogP contribution in [0.4, 0.5) is 13.2 Å². The lowest BCUT2D eigenvalue weighted by atomic mass is 10.0. The minimum atomic E-state index is -1.24. The SMILES string of the molecule is N#Cc1ccc([C@H](CO)NC(=O)c2cc(C(=O)NCc3ccc(F)cc3)ncn2)cc1.O=C(NCc1ccc(F)cc1)c1cc(C(=O)N[C@@H](CO)c2ccc(-c3nn[nH]n3)cc2)ncn1.O=C(O)c1cc(C(=O)NCc2ccc(F)cc2)ncn1. The number of hydrogen-bond acceptors (Lipinski definition) is 18. The maximum Gasteiger partial charge on any atom is 0.354 e. The van der Waals surface area contributed by atoms with Crippen LogP contribution in [0.3, 0.4) is 0 Å². The molecule has 5 aromatic carbocycles. The van der Waals surface area contributed by atoms with Gasteiger partial charge in [-0.15, -0.1) is 10.2 Å². The number of aliphatic hydroxyl groups is 2. The van der Waals surface area contributed by atoms with Gasteiger partial charge in [0.15, 0.2) is 5.69 Å². The molecule has 9 rings (SSSR count). The van der Waals surface area contributed by atoms with Gasteiger partial charge in [-0.3, -0.25) is 24.0 Å². The number of carboxylic acids is 1. The normalized spacial score (nSPS) is 11.1. The number of tetrazole rings is 1. The molecule has 0 fully saturated rings. The number of nitriles is 1. The highest BCUT2D eigenvalue weighted by atomic mass is 19.1. The van der Waals surface area contributed by atoms with E-state index in [1.54, 1.807) is 72.8 Å². The first kappa shape index (κ1) is 61.1. The Labute approximate surface area is 479 Å². The van der Waals surface area contributed by atoms with E-state index < -0.39 is 47.6 Å². The third-order valence-electron chi connectivity index (χ3n) is 11.8. The number of carbonyl (C=O) groups excluding carboxylic acids is 5. The molecule has 0 radical (unpaired) electrons. The largest absolute Gasteiger partial charge is 0.477 e. The zero-order valence-electron chi connectivity index (χ0n) is 44.1. The van der Waals surface area contributed by atoms with Crippen molar-refractivity contribution < 1.29 is 57.3 Å². The highest BCUT2D eigenvalue weighted by molar-refractivity contribution is 5.98. The van der Waals surface area contributed by atoms with Crippen molar-refractivity contribution in [1.82, 2.24) is 77.1 Å². The number of aromatic amines is 1. The highest BCUT2D eigenvalue weighted by Gasteiger charge is 2.21. The van der Waals surface area contributed by atoms with Gasteiger partial charge in [-0.2, -0.15) is 10.5 Å². The third kappa shape index (κ3) is 18.2. The molecular formula is C57H47F3N16O9. The van der Waals surface area contributed by atoms with E-state index in [9.17, 15) is 52.2 Å². The molecule has 28 heteroatoms. The van der Waals surface area contributed by atoms with Gasteiger partial charge in [0.1, 0.15) is 64.9 Å². The number of rotatable bonds is 19. The van der Waals surface area contributed by atoms with Crippen LogP contribution in [0, 0.1) is 28.8 Å². The van der Waals surface area contributed by atoms with E-state index in [0.717, 1.165) is 25.0 Å². The second-order valence-corrected chi connectivity index (χ2v) is 17.6. The van der Waals surface area contributed by atoms with Crippen LogP contribution in [0.1, 0.15) is 108 Å². The van der Waals surface area contributed by atoms with Crippen molar-refractivity contribution >= 4 is 35.5 Å². The van der Waals surface area contributed by atoms with Gasteiger partial charge in [0.2, 0.25) is 5.82 Å². The predicted molar refractivity (Wildman–Crippen MR) is 291 cm³/mol. The standard InChI is InChI=1S/C22H19FN8O3.C22H18FN5O3.C13H10FN3O3/c23-16-7-1-13(2-8-16)10-24-21(33)17-9-18(26-12-25-17)22(34)27-19(11-32)14-3-5-15(6-4-14)20-28-30-31-29-20;23-17-7-3-15(4-8-17)11-25-21(30)18-9-19(27-13-26-18)22(31)28-20(12-29)16-5-1-14(10-24)2-6-16;14-9-3-1-8(2-4-9)6-15-12(18)10-5-11(13(19)20)17-7-16-10/h1-9,12,19,32H,10-11H2,(H,24,33)(H,27,34)(H,28,29,30,31);1-9,13,20,29H,11-12H2,(H,25,30)(H,28,31);1-5,7H,6H2,(H,15,18)(H,19,20)/t19-;20-;/m00./s1. The average Bonchev–Trinajstić information content (AvgIpc) is 4.21. The molecule has 0 spiro atoms. The number of halogens is 3. The van der Waals surface area contributed by atoms with Crippen LogP contribution in [0.15, 0.2) is 159 Å². The van der Waals surface area contributed by atoms with E-state index in [1.165, 1.54) is 60.7 Å². The van der Waals surface area contributed by atoms with Crippen molar-refractivity contribution in [3.63, 3.8) is 0 Å². The Bertz CT molecular complexity index is 3790. The van der Waals surface area contributed by atoms with Gasteiger partial charge in [-0.25, -0.2) is 47.9 Å². The van der Waals surface area contributed by atoms with Gasteiger partial charge in [-0.05, 0) is 81.6 Å². The molecule has 5 amide bonds. The van der Waals surface area contributed by atoms with Crippen LogP contribution < -0.4 is 26.6 Å². The Morgan fingerprint density at radius 1 is 0.482 bits per heavy atom. The first-order valence-electron chi connectivity index (χ1n) is 25.0. The second-order valence-electron chi connectivity index (χ2n) is 17.6. The molecule has 9 aromatic rings. The number of aromatic carboxylic acids is 1. The predicted octanol–water partition coefficient (Wildman–Crippen LogP) is 4.31. The molecule has 0 aliphatic carbocycles. The van der Waals surface area contributed by atoms with Crippen molar-refractivity contribution in [1.29, 1.82) is 5.26 Å². The molecule has 0 saturated heterocycles. The third-order valence-corrected chi connectivity index (χ3v) is 11.8. The van der Waals surface area contributed by atoms with Gasteiger partial charge in [0.05, 0.1) is 36.9 Å². The summed E-state index contributed by atoms with van der Waals surface area (Å²) in [7, 11) is 0. The average molecular weight is 1160 g/mol. The minimum Gasteiger partial charge on any atom is -0.477 e. The number of hydrogen-bond donors (Lipinski definition) is 9. The van der Waals surface area contributed by atoms with E-state index in [1.807, 2.05) is 6.07 Å². The molecule has 0 unspecified atom stereocenters. The van der Waals surface area contributed by atoms with Crippen LogP contribution in [-0.4, -0.2) is 115 Å². The Kier molecular flexibility index (Phi) is 21.8. The van der Waals surface area contributed by atoms with Crippen molar-refractivity contribution in [3.05, 3.63) is 244 Å². The number of nitrogens with zero attached hydrogens (tertiary/aromatic N) is 10. The lowest BCUT2D eigenvalue weighted by molar-refractivity contribution is 0.0689. The maximum atomic E-state index is 13.0. The number of aliphatic hydroxyl groups excluding tert-OH is 2. The number of amides is 5. The Balaban J connectivity index is 0.000000189. The van der Waals surface area contributed by atoms with E-state index in [0.29, 0.717) is 44.8 Å². The number of nitrogens with one attached hydrogen (secondary N) is 6. The molecule has 0 aliphatic rings. The number of carbonyl (C=O) groups is 6. The summed E-state index contributed by atoms with van der Waals surface area (Å²) in [6, 6.07) is 34.5. The van der Waals surface area contributed by atoms with Gasteiger partial charge in [0, 0.05) is 43.4 Å². The molecule has 0 saturated carbocycles. The monoisotopic (exact) mass is 1160 g/mol. The quantitative estimate of drug-likeness (QED) is 0.0544. The summed E-state index contributed by atoms with van der Waals surface area (Å²) in [5, 5.41) is 63.9. The zero-order chi connectivity index (χ0) is 60.7. The van der Waals surface area contributed by atoms with Crippen LogP contribution in [0.25, 0.3) is 11.4 Å². The summed E-state index contributed by atoms with van der Waals surface area (Å²) in [6.07, 6.45) is 3.21. The van der Waals surface area contributed by atoms with Crippen molar-refractivity contribution in [3.8, 4) is 17.5 Å². The zero-order valence-corrected chi connectivity index (χ0v) is 44.1. The van der Waals surface area contributed by atoms with Crippen LogP contribution in [0.5, 0.6) is 0 Å². The number of benzene rings is 5. The van der Waals surface area contributed by atoms with E-state index in [-0.39, 0.29) is 84.5 Å². The van der Waals surface area contributed by atoms with Crippen molar-refractivity contribution in [2.45, 2.75) is 31.7 Å². The van der Waals surface area contributed by atoms with Gasteiger partial charge in [0.25, 0.3) is 29.5 Å². The summed E-state index contributed by atoms with van der Waals surface area (Å²) in [5.74, 6) is -4.67. The van der Waals surface area contributed by atoms with Gasteiger partial charge < -0.3 is 41.9 Å².